The lowest BCUT2D eigenvalue weighted by molar-refractivity contribution is -0.233. The van der Waals surface area contributed by atoms with E-state index < -0.39 is 18.4 Å². The zero-order chi connectivity index (χ0) is 12.9. The molecule has 2 nitrogen and oxygen atoms in total. The fourth-order valence-corrected chi connectivity index (χ4v) is 1.36. The van der Waals surface area contributed by atoms with Gasteiger partial charge in [-0.3, -0.25) is 0 Å². The van der Waals surface area contributed by atoms with Crippen molar-refractivity contribution in [2.75, 3.05) is 6.61 Å². The molecule has 1 aromatic carbocycles. The molecule has 0 saturated heterocycles. The molecule has 0 heterocycles. The van der Waals surface area contributed by atoms with E-state index in [0.29, 0.717) is 6.42 Å². The summed E-state index contributed by atoms with van der Waals surface area (Å²) in [5.41, 5.74) is 0.987. The first-order valence-electron chi connectivity index (χ1n) is 5.31. The second-order valence-electron chi connectivity index (χ2n) is 3.80. The van der Waals surface area contributed by atoms with Crippen molar-refractivity contribution in [2.24, 2.45) is 0 Å². The summed E-state index contributed by atoms with van der Waals surface area (Å²) in [5.74, 6) is 0. The molecule has 0 aliphatic rings. The summed E-state index contributed by atoms with van der Waals surface area (Å²) in [5, 5.41) is 8.90. The molecule has 0 spiro atoms. The zero-order valence-electron chi connectivity index (χ0n) is 9.45. The summed E-state index contributed by atoms with van der Waals surface area (Å²) >= 11 is 0. The van der Waals surface area contributed by atoms with Crippen LogP contribution < -0.4 is 0 Å². The van der Waals surface area contributed by atoms with Crippen LogP contribution >= 0.6 is 0 Å². The molecule has 0 saturated carbocycles. The Kier molecular flexibility index (Phi) is 4.96. The number of aliphatic hydroxyl groups excluding tert-OH is 1. The lowest BCUT2D eigenvalue weighted by Crippen LogP contribution is -2.39. The van der Waals surface area contributed by atoms with Crippen LogP contribution in [0.1, 0.15) is 12.5 Å². The van der Waals surface area contributed by atoms with Crippen molar-refractivity contribution in [3.63, 3.8) is 0 Å². The highest BCUT2D eigenvalue weighted by Gasteiger charge is 2.42. The van der Waals surface area contributed by atoms with E-state index in [0.717, 1.165) is 5.56 Å². The standard InChI is InChI=1S/C12H15F3O2/c1-9(11(16)12(13,14)15)17-8-7-10-5-3-2-4-6-10/h2-6,9,11,16H,7-8H2,1H3/t9-,11-/m0/s1. The van der Waals surface area contributed by atoms with Crippen LogP contribution in [0.25, 0.3) is 0 Å². The van der Waals surface area contributed by atoms with Gasteiger partial charge >= 0.3 is 6.18 Å². The van der Waals surface area contributed by atoms with Crippen molar-refractivity contribution in [3.8, 4) is 0 Å². The molecule has 0 fully saturated rings. The van der Waals surface area contributed by atoms with E-state index in [2.05, 4.69) is 0 Å². The van der Waals surface area contributed by atoms with Gasteiger partial charge in [-0.25, -0.2) is 0 Å². The van der Waals surface area contributed by atoms with Crippen LogP contribution in [0.5, 0.6) is 0 Å². The largest absolute Gasteiger partial charge is 0.416 e. The van der Waals surface area contributed by atoms with E-state index >= 15 is 0 Å². The molecule has 1 N–H and O–H groups in total. The number of ether oxygens (including phenoxy) is 1. The van der Waals surface area contributed by atoms with Crippen LogP contribution in [0, 0.1) is 0 Å². The Labute approximate surface area is 98.0 Å². The topological polar surface area (TPSA) is 29.5 Å². The Morgan fingerprint density at radius 2 is 1.82 bits per heavy atom. The number of aliphatic hydroxyl groups is 1. The third-order valence-corrected chi connectivity index (χ3v) is 2.39. The van der Waals surface area contributed by atoms with Gasteiger partial charge in [0.2, 0.25) is 0 Å². The highest BCUT2D eigenvalue weighted by molar-refractivity contribution is 5.14. The molecule has 1 rings (SSSR count). The molecule has 0 radical (unpaired) electrons. The lowest BCUT2D eigenvalue weighted by Gasteiger charge is -2.21. The summed E-state index contributed by atoms with van der Waals surface area (Å²) in [6.45, 7) is 1.36. The smallest absolute Gasteiger partial charge is 0.381 e. The molecule has 0 aliphatic carbocycles. The van der Waals surface area contributed by atoms with Gasteiger partial charge in [-0.15, -0.1) is 0 Å². The van der Waals surface area contributed by atoms with Crippen LogP contribution in [-0.2, 0) is 11.2 Å². The van der Waals surface area contributed by atoms with Crippen molar-refractivity contribution in [2.45, 2.75) is 31.7 Å². The maximum atomic E-state index is 12.1. The summed E-state index contributed by atoms with van der Waals surface area (Å²) in [6.07, 6.45) is -7.79. The Balaban J connectivity index is 2.32. The number of halogens is 3. The molecule has 0 amide bonds. The van der Waals surface area contributed by atoms with Crippen LogP contribution in [0.4, 0.5) is 13.2 Å². The molecule has 1 aromatic rings. The van der Waals surface area contributed by atoms with Crippen molar-refractivity contribution >= 4 is 0 Å². The molecule has 5 heteroatoms. The highest BCUT2D eigenvalue weighted by Crippen LogP contribution is 2.23. The first-order valence-corrected chi connectivity index (χ1v) is 5.31. The van der Waals surface area contributed by atoms with Gasteiger partial charge in [0.1, 0.15) is 0 Å². The van der Waals surface area contributed by atoms with E-state index in [1.807, 2.05) is 30.3 Å². The van der Waals surface area contributed by atoms with Crippen LogP contribution in [0.3, 0.4) is 0 Å². The molecule has 0 bridgehead atoms. The van der Waals surface area contributed by atoms with Gasteiger partial charge in [0.15, 0.2) is 6.10 Å². The summed E-state index contributed by atoms with van der Waals surface area (Å²) in [6, 6.07) is 9.30. The van der Waals surface area contributed by atoms with Gasteiger partial charge in [0.25, 0.3) is 0 Å². The third-order valence-electron chi connectivity index (χ3n) is 2.39. The first-order chi connectivity index (χ1) is 7.91. The Morgan fingerprint density at radius 3 is 2.35 bits per heavy atom. The molecule has 0 unspecified atom stereocenters. The number of benzene rings is 1. The van der Waals surface area contributed by atoms with Crippen molar-refractivity contribution < 1.29 is 23.0 Å². The predicted octanol–water partition coefficient (Wildman–Crippen LogP) is 2.56. The van der Waals surface area contributed by atoms with Gasteiger partial charge in [-0.1, -0.05) is 30.3 Å². The normalized spacial score (nSPS) is 15.6. The predicted molar refractivity (Wildman–Crippen MR) is 57.6 cm³/mol. The monoisotopic (exact) mass is 248 g/mol. The fourth-order valence-electron chi connectivity index (χ4n) is 1.36. The van der Waals surface area contributed by atoms with Crippen LogP contribution in [0.2, 0.25) is 0 Å². The quantitative estimate of drug-likeness (QED) is 0.867. The van der Waals surface area contributed by atoms with E-state index in [9.17, 15) is 13.2 Å². The molecule has 0 aliphatic heterocycles. The Morgan fingerprint density at radius 1 is 1.24 bits per heavy atom. The van der Waals surface area contributed by atoms with Gasteiger partial charge < -0.3 is 9.84 Å². The average molecular weight is 248 g/mol. The minimum atomic E-state index is -4.63. The number of hydrogen-bond donors (Lipinski definition) is 1. The summed E-state index contributed by atoms with van der Waals surface area (Å²) in [4.78, 5) is 0. The van der Waals surface area contributed by atoms with Crippen molar-refractivity contribution in [3.05, 3.63) is 35.9 Å². The second kappa shape index (κ2) is 6.02. The minimum Gasteiger partial charge on any atom is -0.381 e. The van der Waals surface area contributed by atoms with Gasteiger partial charge in [-0.2, -0.15) is 13.2 Å². The number of hydrogen-bond acceptors (Lipinski definition) is 2. The van der Waals surface area contributed by atoms with Crippen molar-refractivity contribution in [1.29, 1.82) is 0 Å². The Bertz CT molecular complexity index is 324. The van der Waals surface area contributed by atoms with Crippen LogP contribution in [0.15, 0.2) is 30.3 Å². The minimum absolute atomic E-state index is 0.151. The lowest BCUT2D eigenvalue weighted by atomic mass is 10.1. The summed E-state index contributed by atoms with van der Waals surface area (Å²) in [7, 11) is 0. The molecule has 17 heavy (non-hydrogen) atoms. The van der Waals surface area contributed by atoms with Crippen molar-refractivity contribution in [1.82, 2.24) is 0 Å². The molecular formula is C12H15F3O2. The maximum absolute atomic E-state index is 12.1. The van der Waals surface area contributed by atoms with E-state index in [1.54, 1.807) is 0 Å². The Hall–Kier alpha value is -1.07. The van der Waals surface area contributed by atoms with Crippen LogP contribution in [-0.4, -0.2) is 30.1 Å². The number of alkyl halides is 3. The second-order valence-corrected chi connectivity index (χ2v) is 3.80. The van der Waals surface area contributed by atoms with Gasteiger partial charge in [0, 0.05) is 0 Å². The molecule has 2 atom stereocenters. The van der Waals surface area contributed by atoms with Gasteiger partial charge in [0.05, 0.1) is 12.7 Å². The zero-order valence-corrected chi connectivity index (χ0v) is 9.45. The fraction of sp³-hybridized carbons (Fsp3) is 0.500. The molecule has 0 aromatic heterocycles. The summed E-state index contributed by atoms with van der Waals surface area (Å²) < 4.78 is 41.3. The van der Waals surface area contributed by atoms with E-state index in [-0.39, 0.29) is 6.61 Å². The van der Waals surface area contributed by atoms with Gasteiger partial charge in [-0.05, 0) is 18.9 Å². The maximum Gasteiger partial charge on any atom is 0.416 e. The van der Waals surface area contributed by atoms with E-state index in [4.69, 9.17) is 9.84 Å². The third kappa shape index (κ3) is 4.75. The first kappa shape index (κ1) is 14.0. The molecular weight excluding hydrogens is 233 g/mol. The molecule has 96 valence electrons. The SMILES string of the molecule is C[C@H](OCCc1ccccc1)[C@H](O)C(F)(F)F. The van der Waals surface area contributed by atoms with E-state index in [1.165, 1.54) is 6.92 Å². The number of rotatable bonds is 5. The average Bonchev–Trinajstić information content (AvgIpc) is 2.28. The highest BCUT2D eigenvalue weighted by atomic mass is 19.4.